The van der Waals surface area contributed by atoms with Gasteiger partial charge in [-0.15, -0.1) is 0 Å². The van der Waals surface area contributed by atoms with Crippen molar-refractivity contribution in [2.45, 2.75) is 58.3 Å². The highest BCUT2D eigenvalue weighted by Gasteiger charge is 2.25. The summed E-state index contributed by atoms with van der Waals surface area (Å²) in [6, 6.07) is 0. The quantitative estimate of drug-likeness (QED) is 0.832. The summed E-state index contributed by atoms with van der Waals surface area (Å²) in [6.45, 7) is 6.11. The van der Waals surface area contributed by atoms with Crippen LogP contribution in [-0.2, 0) is 11.2 Å². The second kappa shape index (κ2) is 8.13. The lowest BCUT2D eigenvalue weighted by Gasteiger charge is -2.25. The molecule has 1 aromatic heterocycles. The van der Waals surface area contributed by atoms with Crippen LogP contribution in [0.4, 0.5) is 0 Å². The van der Waals surface area contributed by atoms with Crippen LogP contribution >= 0.6 is 0 Å². The Kier molecular flexibility index (Phi) is 6.19. The van der Waals surface area contributed by atoms with Gasteiger partial charge < -0.3 is 15.0 Å². The van der Waals surface area contributed by atoms with E-state index in [0.717, 1.165) is 45.2 Å². The van der Waals surface area contributed by atoms with Gasteiger partial charge in [0, 0.05) is 25.4 Å². The summed E-state index contributed by atoms with van der Waals surface area (Å²) in [5.74, 6) is 1.24. The zero-order valence-corrected chi connectivity index (χ0v) is 14.0. The number of aromatic nitrogens is 2. The Morgan fingerprint density at radius 3 is 2.39 bits per heavy atom. The number of amides is 1. The highest BCUT2D eigenvalue weighted by molar-refractivity contribution is 5.47. The second-order valence-corrected chi connectivity index (χ2v) is 6.82. The van der Waals surface area contributed by atoms with Crippen LogP contribution < -0.4 is 5.56 Å². The number of carbonyl (C=O) groups is 1. The SMILES string of the molecule is CC(C)Cc1nc(C2CCC2)c(O)c(=O)[nH]1.O=CN1CCCC1. The topological polar surface area (TPSA) is 86.3 Å². The Labute approximate surface area is 136 Å². The van der Waals surface area contributed by atoms with E-state index in [-0.39, 0.29) is 11.7 Å². The number of hydrogen-bond donors (Lipinski definition) is 2. The molecule has 3 rings (SSSR count). The fourth-order valence-electron chi connectivity index (χ4n) is 2.83. The van der Waals surface area contributed by atoms with Crippen molar-refractivity contribution in [3.8, 4) is 5.75 Å². The Morgan fingerprint density at radius 1 is 1.30 bits per heavy atom. The third-order valence-electron chi connectivity index (χ3n) is 4.35. The number of carbonyl (C=O) groups excluding carboxylic acids is 1. The molecule has 1 saturated carbocycles. The summed E-state index contributed by atoms with van der Waals surface area (Å²) in [6.07, 6.45) is 7.29. The monoisotopic (exact) mass is 321 g/mol. The molecule has 2 fully saturated rings. The third-order valence-corrected chi connectivity index (χ3v) is 4.35. The normalized spacial score (nSPS) is 17.6. The smallest absolute Gasteiger partial charge is 0.293 e. The number of hydrogen-bond acceptors (Lipinski definition) is 4. The summed E-state index contributed by atoms with van der Waals surface area (Å²) in [7, 11) is 0. The van der Waals surface area contributed by atoms with Crippen LogP contribution in [0.25, 0.3) is 0 Å². The first-order chi connectivity index (χ1) is 11.0. The molecule has 128 valence electrons. The first-order valence-corrected chi connectivity index (χ1v) is 8.52. The molecule has 23 heavy (non-hydrogen) atoms. The van der Waals surface area contributed by atoms with E-state index < -0.39 is 5.56 Å². The van der Waals surface area contributed by atoms with Crippen LogP contribution in [0, 0.1) is 5.92 Å². The average molecular weight is 321 g/mol. The molecule has 1 amide bonds. The van der Waals surface area contributed by atoms with Gasteiger partial charge in [0.1, 0.15) is 5.82 Å². The zero-order chi connectivity index (χ0) is 16.8. The number of H-pyrrole nitrogens is 1. The summed E-state index contributed by atoms with van der Waals surface area (Å²) >= 11 is 0. The lowest BCUT2D eigenvalue weighted by atomic mass is 9.82. The molecule has 1 aromatic rings. The molecular weight excluding hydrogens is 294 g/mol. The highest BCUT2D eigenvalue weighted by Crippen LogP contribution is 2.37. The van der Waals surface area contributed by atoms with Crippen LogP contribution in [0.2, 0.25) is 0 Å². The molecule has 2 aliphatic rings. The minimum absolute atomic E-state index is 0.183. The van der Waals surface area contributed by atoms with Gasteiger partial charge in [-0.1, -0.05) is 20.3 Å². The molecule has 2 N–H and O–H groups in total. The van der Waals surface area contributed by atoms with Crippen LogP contribution in [0.3, 0.4) is 0 Å². The maximum atomic E-state index is 11.5. The fourth-order valence-corrected chi connectivity index (χ4v) is 2.83. The molecule has 6 nitrogen and oxygen atoms in total. The zero-order valence-electron chi connectivity index (χ0n) is 14.0. The van der Waals surface area contributed by atoms with E-state index in [2.05, 4.69) is 23.8 Å². The molecule has 0 aromatic carbocycles. The van der Waals surface area contributed by atoms with Crippen LogP contribution in [0.1, 0.15) is 63.4 Å². The molecule has 0 unspecified atom stereocenters. The number of aromatic amines is 1. The molecule has 0 radical (unpaired) electrons. The minimum atomic E-state index is -0.396. The predicted molar refractivity (Wildman–Crippen MR) is 88.5 cm³/mol. The van der Waals surface area contributed by atoms with Crippen molar-refractivity contribution in [3.05, 3.63) is 21.9 Å². The van der Waals surface area contributed by atoms with Crippen molar-refractivity contribution in [2.75, 3.05) is 13.1 Å². The van der Waals surface area contributed by atoms with Crippen LogP contribution in [0.15, 0.2) is 4.79 Å². The summed E-state index contributed by atoms with van der Waals surface area (Å²) in [5, 5.41) is 9.69. The maximum Gasteiger partial charge on any atom is 0.293 e. The standard InChI is InChI=1S/C12H18N2O2.C5H9NO/c1-7(2)6-9-13-10(8-4-3-5-8)11(15)12(16)14-9;7-5-6-3-1-2-4-6/h7-8,15H,3-6H2,1-2H3,(H,13,14,16);5H,1-4H2. The largest absolute Gasteiger partial charge is 0.502 e. The number of nitrogens with one attached hydrogen (secondary N) is 1. The van der Waals surface area contributed by atoms with Gasteiger partial charge in [-0.3, -0.25) is 9.59 Å². The summed E-state index contributed by atoms with van der Waals surface area (Å²) < 4.78 is 0. The molecule has 2 heterocycles. The summed E-state index contributed by atoms with van der Waals surface area (Å²) in [4.78, 5) is 30.3. The van der Waals surface area contributed by atoms with Crippen molar-refractivity contribution in [1.29, 1.82) is 0 Å². The number of rotatable bonds is 4. The number of nitrogens with zero attached hydrogens (tertiary/aromatic N) is 2. The van der Waals surface area contributed by atoms with E-state index in [9.17, 15) is 14.7 Å². The van der Waals surface area contributed by atoms with Gasteiger partial charge in [0.05, 0.1) is 5.69 Å². The Bertz CT molecular complexity index is 573. The van der Waals surface area contributed by atoms with Gasteiger partial charge in [0.25, 0.3) is 5.56 Å². The highest BCUT2D eigenvalue weighted by atomic mass is 16.3. The average Bonchev–Trinajstić information content (AvgIpc) is 2.95. The third kappa shape index (κ3) is 4.81. The maximum absolute atomic E-state index is 11.5. The van der Waals surface area contributed by atoms with Gasteiger partial charge >= 0.3 is 0 Å². The Morgan fingerprint density at radius 2 is 1.96 bits per heavy atom. The minimum Gasteiger partial charge on any atom is -0.502 e. The molecule has 0 atom stereocenters. The van der Waals surface area contributed by atoms with E-state index in [1.807, 2.05) is 0 Å². The van der Waals surface area contributed by atoms with Crippen molar-refractivity contribution in [3.63, 3.8) is 0 Å². The predicted octanol–water partition coefficient (Wildman–Crippen LogP) is 2.18. The van der Waals surface area contributed by atoms with Crippen LogP contribution in [0.5, 0.6) is 5.75 Å². The van der Waals surface area contributed by atoms with Gasteiger partial charge in [0.2, 0.25) is 12.2 Å². The molecule has 6 heteroatoms. The van der Waals surface area contributed by atoms with Gasteiger partial charge in [-0.05, 0) is 31.6 Å². The molecule has 0 bridgehead atoms. The molecule has 0 spiro atoms. The number of likely N-dealkylation sites (tertiary alicyclic amines) is 1. The van der Waals surface area contributed by atoms with E-state index >= 15 is 0 Å². The molecule has 1 aliphatic heterocycles. The molecule has 1 aliphatic carbocycles. The van der Waals surface area contributed by atoms with E-state index in [1.54, 1.807) is 4.90 Å². The van der Waals surface area contributed by atoms with E-state index in [1.165, 1.54) is 12.8 Å². The van der Waals surface area contributed by atoms with E-state index in [4.69, 9.17) is 0 Å². The van der Waals surface area contributed by atoms with Crippen molar-refractivity contribution in [2.24, 2.45) is 5.92 Å². The molecule has 1 saturated heterocycles. The fraction of sp³-hybridized carbons (Fsp3) is 0.706. The van der Waals surface area contributed by atoms with E-state index in [0.29, 0.717) is 17.4 Å². The Hall–Kier alpha value is -1.85. The van der Waals surface area contributed by atoms with Gasteiger partial charge in [-0.25, -0.2) is 4.98 Å². The first-order valence-electron chi connectivity index (χ1n) is 8.52. The lowest BCUT2D eigenvalue weighted by Crippen LogP contribution is -2.20. The van der Waals surface area contributed by atoms with Crippen molar-refractivity contribution >= 4 is 6.41 Å². The second-order valence-electron chi connectivity index (χ2n) is 6.82. The van der Waals surface area contributed by atoms with Crippen molar-refractivity contribution < 1.29 is 9.90 Å². The summed E-state index contributed by atoms with van der Waals surface area (Å²) in [5.41, 5.74) is 0.207. The first kappa shape index (κ1) is 17.5. The van der Waals surface area contributed by atoms with Crippen molar-refractivity contribution in [1.82, 2.24) is 14.9 Å². The van der Waals surface area contributed by atoms with Crippen LogP contribution in [-0.4, -0.2) is 39.5 Å². The Balaban J connectivity index is 0.000000229. The number of aromatic hydroxyl groups is 1. The lowest BCUT2D eigenvalue weighted by molar-refractivity contribution is -0.117. The molecular formula is C17H27N3O3. The van der Waals surface area contributed by atoms with Gasteiger partial charge in [-0.2, -0.15) is 0 Å². The van der Waals surface area contributed by atoms with Gasteiger partial charge in [0.15, 0.2) is 0 Å².